The Hall–Kier alpha value is -2.44. The van der Waals surface area contributed by atoms with Gasteiger partial charge in [0, 0.05) is 45.6 Å². The molecule has 188 valence electrons. The van der Waals surface area contributed by atoms with Crippen molar-refractivity contribution in [2.24, 2.45) is 13.0 Å². The van der Waals surface area contributed by atoms with Crippen LogP contribution in [-0.4, -0.2) is 48.2 Å². The molecule has 1 N–H and O–H groups in total. The third-order valence-corrected chi connectivity index (χ3v) is 8.19. The molecule has 1 aromatic heterocycles. The highest BCUT2D eigenvalue weighted by Gasteiger charge is 2.44. The van der Waals surface area contributed by atoms with Crippen molar-refractivity contribution in [2.75, 3.05) is 26.8 Å². The number of amides is 1. The van der Waals surface area contributed by atoms with E-state index in [2.05, 4.69) is 28.4 Å². The summed E-state index contributed by atoms with van der Waals surface area (Å²) in [5.41, 5.74) is 5.11. The molecule has 5 rings (SSSR count). The Kier molecular flexibility index (Phi) is 7.40. The van der Waals surface area contributed by atoms with Gasteiger partial charge in [0.1, 0.15) is 0 Å². The van der Waals surface area contributed by atoms with Gasteiger partial charge in [-0.1, -0.05) is 18.2 Å². The number of hydrogen-bond acceptors (Lipinski definition) is 4. The molecule has 0 spiro atoms. The Bertz CT molecular complexity index is 1110. The molecule has 1 saturated carbocycles. The van der Waals surface area contributed by atoms with Crippen LogP contribution in [0.5, 0.6) is 0 Å². The summed E-state index contributed by atoms with van der Waals surface area (Å²) in [5, 5.41) is 3.47. The molecule has 3 aliphatic rings. The van der Waals surface area contributed by atoms with Gasteiger partial charge in [-0.15, -0.1) is 0 Å². The largest absolute Gasteiger partial charge is 0.385 e. The maximum Gasteiger partial charge on any atom is 0.250 e. The molecule has 2 fully saturated rings. The number of methoxy groups -OCH3 is 1. The first-order valence-corrected chi connectivity index (χ1v) is 13.4. The van der Waals surface area contributed by atoms with Crippen molar-refractivity contribution < 1.29 is 9.53 Å². The van der Waals surface area contributed by atoms with Crippen LogP contribution in [0.2, 0.25) is 0 Å². The third kappa shape index (κ3) is 5.24. The fraction of sp³-hybridized carbons (Fsp3) is 0.586. The van der Waals surface area contributed by atoms with Gasteiger partial charge in [-0.25, -0.2) is 0 Å². The molecule has 2 aliphatic carbocycles. The first-order valence-electron chi connectivity index (χ1n) is 13.4. The lowest BCUT2D eigenvalue weighted by Gasteiger charge is -2.41. The second kappa shape index (κ2) is 10.7. The van der Waals surface area contributed by atoms with E-state index in [1.54, 1.807) is 24.8 Å². The molecule has 6 nitrogen and oxygen atoms in total. The summed E-state index contributed by atoms with van der Waals surface area (Å²) in [6.45, 7) is 2.33. The van der Waals surface area contributed by atoms with E-state index in [0.29, 0.717) is 12.6 Å². The molecule has 2 aromatic rings. The smallest absolute Gasteiger partial charge is 0.250 e. The van der Waals surface area contributed by atoms with Gasteiger partial charge in [-0.3, -0.25) is 9.59 Å². The van der Waals surface area contributed by atoms with E-state index >= 15 is 0 Å². The van der Waals surface area contributed by atoms with E-state index < -0.39 is 0 Å². The van der Waals surface area contributed by atoms with E-state index in [1.165, 1.54) is 16.7 Å². The number of carbonyl (C=O) groups is 1. The van der Waals surface area contributed by atoms with Crippen LogP contribution in [0.4, 0.5) is 0 Å². The molecule has 0 radical (unpaired) electrons. The van der Waals surface area contributed by atoms with Crippen LogP contribution in [0.15, 0.2) is 41.3 Å². The minimum atomic E-state index is -0.133. The topological polar surface area (TPSA) is 63.6 Å². The van der Waals surface area contributed by atoms with Crippen molar-refractivity contribution in [3.05, 3.63) is 69.1 Å². The lowest BCUT2D eigenvalue weighted by Crippen LogP contribution is -2.49. The standard InChI is InChI=1S/C29H39N3O3/c1-31-15-13-22(18-28(31)33)24-12-14-30-19-26(24)29(34)32(23-10-11-23)27-7-3-6-21-9-8-20(17-25(21)27)5-4-16-35-2/h8-9,13,15,17-18,23-24,26-27,30H,3-7,10-12,14,16,19H2,1-2H3/t24-,26+,27?/m0/s1. The van der Waals surface area contributed by atoms with Crippen LogP contribution < -0.4 is 10.9 Å². The summed E-state index contributed by atoms with van der Waals surface area (Å²) < 4.78 is 6.85. The number of aromatic nitrogens is 1. The van der Waals surface area contributed by atoms with Gasteiger partial charge in [-0.2, -0.15) is 0 Å². The van der Waals surface area contributed by atoms with Crippen molar-refractivity contribution in [3.63, 3.8) is 0 Å². The molecule has 1 unspecified atom stereocenters. The molecule has 6 heteroatoms. The third-order valence-electron chi connectivity index (χ3n) is 8.19. The van der Waals surface area contributed by atoms with Gasteiger partial charge in [0.05, 0.1) is 12.0 Å². The highest BCUT2D eigenvalue weighted by atomic mass is 16.5. The highest BCUT2D eigenvalue weighted by Crippen LogP contribution is 2.44. The molecule has 1 saturated heterocycles. The molecule has 3 atom stereocenters. The number of aryl methyl sites for hydroxylation is 3. The number of nitrogens with zero attached hydrogens (tertiary/aromatic N) is 2. The predicted molar refractivity (Wildman–Crippen MR) is 138 cm³/mol. The fourth-order valence-electron chi connectivity index (χ4n) is 6.13. The second-order valence-corrected chi connectivity index (χ2v) is 10.6. The number of ether oxygens (including phenoxy) is 1. The number of rotatable bonds is 8. The monoisotopic (exact) mass is 477 g/mol. The Labute approximate surface area is 208 Å². The Morgan fingerprint density at radius 3 is 2.80 bits per heavy atom. The van der Waals surface area contributed by atoms with Gasteiger partial charge in [-0.05, 0) is 92.1 Å². The zero-order chi connectivity index (χ0) is 24.4. The van der Waals surface area contributed by atoms with Gasteiger partial charge in [0.25, 0.3) is 5.56 Å². The molecular formula is C29H39N3O3. The number of carbonyl (C=O) groups excluding carboxylic acids is 1. The average Bonchev–Trinajstić information content (AvgIpc) is 3.71. The van der Waals surface area contributed by atoms with Crippen LogP contribution >= 0.6 is 0 Å². The zero-order valence-corrected chi connectivity index (χ0v) is 21.2. The molecule has 35 heavy (non-hydrogen) atoms. The average molecular weight is 478 g/mol. The molecule has 1 amide bonds. The fourth-order valence-corrected chi connectivity index (χ4v) is 6.13. The van der Waals surface area contributed by atoms with E-state index in [4.69, 9.17) is 4.74 Å². The van der Waals surface area contributed by atoms with Crippen LogP contribution in [0.3, 0.4) is 0 Å². The predicted octanol–water partition coefficient (Wildman–Crippen LogP) is 3.73. The molecule has 1 aromatic carbocycles. The Balaban J connectivity index is 1.44. The van der Waals surface area contributed by atoms with Crippen molar-refractivity contribution in [2.45, 2.75) is 69.4 Å². The summed E-state index contributed by atoms with van der Waals surface area (Å²) in [6.07, 6.45) is 10.2. The number of hydrogen-bond donors (Lipinski definition) is 1. The second-order valence-electron chi connectivity index (χ2n) is 10.6. The Morgan fingerprint density at radius 1 is 1.17 bits per heavy atom. The summed E-state index contributed by atoms with van der Waals surface area (Å²) >= 11 is 0. The highest BCUT2D eigenvalue weighted by molar-refractivity contribution is 5.81. The maximum atomic E-state index is 14.3. The molecule has 1 aliphatic heterocycles. The van der Waals surface area contributed by atoms with Crippen LogP contribution in [0, 0.1) is 5.92 Å². The lowest BCUT2D eigenvalue weighted by molar-refractivity contribution is -0.140. The van der Waals surface area contributed by atoms with Gasteiger partial charge in [0.15, 0.2) is 0 Å². The van der Waals surface area contributed by atoms with E-state index in [9.17, 15) is 9.59 Å². The van der Waals surface area contributed by atoms with Crippen molar-refractivity contribution in [1.29, 1.82) is 0 Å². The summed E-state index contributed by atoms with van der Waals surface area (Å²) in [6, 6.07) is 11.2. The molecule has 2 heterocycles. The van der Waals surface area contributed by atoms with Crippen molar-refractivity contribution in [1.82, 2.24) is 14.8 Å². The van der Waals surface area contributed by atoms with Gasteiger partial charge >= 0.3 is 0 Å². The summed E-state index contributed by atoms with van der Waals surface area (Å²) in [5.74, 6) is 0.224. The maximum absolute atomic E-state index is 14.3. The zero-order valence-electron chi connectivity index (χ0n) is 21.2. The van der Waals surface area contributed by atoms with Crippen LogP contribution in [0.25, 0.3) is 0 Å². The normalized spacial score (nSPS) is 24.1. The summed E-state index contributed by atoms with van der Waals surface area (Å²) in [4.78, 5) is 28.9. The van der Waals surface area contributed by atoms with E-state index in [-0.39, 0.29) is 29.3 Å². The van der Waals surface area contributed by atoms with E-state index in [1.807, 2.05) is 12.3 Å². The number of piperidine rings is 1. The lowest BCUT2D eigenvalue weighted by atomic mass is 9.79. The van der Waals surface area contributed by atoms with Gasteiger partial charge < -0.3 is 19.5 Å². The quantitative estimate of drug-likeness (QED) is 0.589. The molecule has 0 bridgehead atoms. The first-order chi connectivity index (χ1) is 17.1. The number of nitrogens with one attached hydrogen (secondary N) is 1. The molecular weight excluding hydrogens is 438 g/mol. The van der Waals surface area contributed by atoms with Crippen molar-refractivity contribution >= 4 is 5.91 Å². The first kappa shape index (κ1) is 24.3. The number of benzene rings is 1. The van der Waals surface area contributed by atoms with Crippen molar-refractivity contribution in [3.8, 4) is 0 Å². The number of pyridine rings is 1. The summed E-state index contributed by atoms with van der Waals surface area (Å²) in [7, 11) is 3.53. The van der Waals surface area contributed by atoms with Gasteiger partial charge in [0.2, 0.25) is 5.91 Å². The Morgan fingerprint density at radius 2 is 2.03 bits per heavy atom. The minimum Gasteiger partial charge on any atom is -0.385 e. The van der Waals surface area contributed by atoms with Crippen LogP contribution in [-0.2, 0) is 29.4 Å². The minimum absolute atomic E-state index is 0.00603. The van der Waals surface area contributed by atoms with Crippen LogP contribution in [0.1, 0.15) is 72.7 Å². The SMILES string of the molecule is COCCCc1ccc2c(c1)C(N(C(=O)[C@@H]1CNCC[C@H]1c1ccn(C)c(=O)c1)C1CC1)CCC2. The number of fused-ring (bicyclic) bond motifs is 1. The van der Waals surface area contributed by atoms with E-state index in [0.717, 1.165) is 70.1 Å².